The number of aromatic nitrogens is 1. The van der Waals surface area contributed by atoms with Crippen LogP contribution >= 0.6 is 0 Å². The highest BCUT2D eigenvalue weighted by Crippen LogP contribution is 2.29. The number of ether oxygens (including phenoxy) is 2. The molecule has 6 heteroatoms. The van der Waals surface area contributed by atoms with Gasteiger partial charge in [-0.15, -0.1) is 0 Å². The van der Waals surface area contributed by atoms with Crippen LogP contribution < -0.4 is 9.47 Å². The fourth-order valence-electron chi connectivity index (χ4n) is 4.10. The molecule has 0 spiro atoms. The van der Waals surface area contributed by atoms with Gasteiger partial charge < -0.3 is 18.8 Å². The van der Waals surface area contributed by atoms with Gasteiger partial charge >= 0.3 is 0 Å². The first-order chi connectivity index (χ1) is 15.2. The van der Waals surface area contributed by atoms with Crippen molar-refractivity contribution in [3.05, 3.63) is 77.5 Å². The summed E-state index contributed by atoms with van der Waals surface area (Å²) in [5.41, 5.74) is 2.02. The number of benzene rings is 2. The Morgan fingerprint density at radius 3 is 2.87 bits per heavy atom. The minimum absolute atomic E-state index is 0.120. The van der Waals surface area contributed by atoms with Gasteiger partial charge in [-0.1, -0.05) is 30.3 Å². The Hall–Kier alpha value is -3.28. The van der Waals surface area contributed by atoms with Crippen molar-refractivity contribution >= 4 is 5.91 Å². The Bertz CT molecular complexity index is 1030. The van der Waals surface area contributed by atoms with Crippen molar-refractivity contribution in [2.24, 2.45) is 0 Å². The maximum Gasteiger partial charge on any atom is 0.227 e. The van der Waals surface area contributed by atoms with Gasteiger partial charge in [0.1, 0.15) is 17.3 Å². The maximum atomic E-state index is 12.9. The van der Waals surface area contributed by atoms with Crippen LogP contribution in [0.1, 0.15) is 41.5 Å². The third-order valence-corrected chi connectivity index (χ3v) is 5.74. The molecule has 1 atom stereocenters. The van der Waals surface area contributed by atoms with Crippen LogP contribution in [-0.2, 0) is 17.6 Å². The molecule has 0 saturated carbocycles. The second kappa shape index (κ2) is 9.69. The van der Waals surface area contributed by atoms with Gasteiger partial charge in [-0.3, -0.25) is 4.79 Å². The normalized spacial score (nSPS) is 16.2. The lowest BCUT2D eigenvalue weighted by atomic mass is 9.97. The van der Waals surface area contributed by atoms with Crippen LogP contribution in [0.2, 0.25) is 0 Å². The Balaban J connectivity index is 1.40. The van der Waals surface area contributed by atoms with Crippen LogP contribution in [0, 0.1) is 0 Å². The summed E-state index contributed by atoms with van der Waals surface area (Å²) in [4.78, 5) is 19.3. The summed E-state index contributed by atoms with van der Waals surface area (Å²) in [5, 5.41) is 0. The van der Waals surface area contributed by atoms with Crippen molar-refractivity contribution in [1.29, 1.82) is 0 Å². The van der Waals surface area contributed by atoms with E-state index < -0.39 is 0 Å². The van der Waals surface area contributed by atoms with Crippen molar-refractivity contribution < 1.29 is 18.7 Å². The Kier molecular flexibility index (Phi) is 6.55. The molecule has 2 heterocycles. The molecule has 3 aromatic rings. The second-order valence-electron chi connectivity index (χ2n) is 7.86. The fraction of sp³-hybridized carbons (Fsp3) is 0.360. The fourth-order valence-corrected chi connectivity index (χ4v) is 4.10. The van der Waals surface area contributed by atoms with Crippen LogP contribution in [-0.4, -0.2) is 43.1 Å². The van der Waals surface area contributed by atoms with Crippen molar-refractivity contribution in [3.8, 4) is 11.5 Å². The summed E-state index contributed by atoms with van der Waals surface area (Å²) in [7, 11) is 3.30. The van der Waals surface area contributed by atoms with Gasteiger partial charge in [0.15, 0.2) is 5.89 Å². The van der Waals surface area contributed by atoms with Gasteiger partial charge in [0.25, 0.3) is 0 Å². The van der Waals surface area contributed by atoms with Crippen LogP contribution in [0.25, 0.3) is 0 Å². The molecular formula is C25H28N2O4. The van der Waals surface area contributed by atoms with Crippen LogP contribution in [0.4, 0.5) is 0 Å². The van der Waals surface area contributed by atoms with E-state index in [4.69, 9.17) is 13.9 Å². The van der Waals surface area contributed by atoms with Gasteiger partial charge in [0.05, 0.1) is 32.8 Å². The molecule has 0 bridgehead atoms. The van der Waals surface area contributed by atoms with Crippen molar-refractivity contribution in [3.63, 3.8) is 0 Å². The predicted molar refractivity (Wildman–Crippen MR) is 118 cm³/mol. The van der Waals surface area contributed by atoms with E-state index >= 15 is 0 Å². The van der Waals surface area contributed by atoms with E-state index in [9.17, 15) is 4.79 Å². The number of methoxy groups -OCH3 is 2. The molecule has 1 aliphatic rings. The van der Waals surface area contributed by atoms with Gasteiger partial charge in [-0.25, -0.2) is 4.98 Å². The molecule has 1 saturated heterocycles. The third kappa shape index (κ3) is 5.08. The van der Waals surface area contributed by atoms with Gasteiger partial charge in [-0.2, -0.15) is 0 Å². The van der Waals surface area contributed by atoms with E-state index in [2.05, 4.69) is 4.98 Å². The largest absolute Gasteiger partial charge is 0.497 e. The topological polar surface area (TPSA) is 64.8 Å². The predicted octanol–water partition coefficient (Wildman–Crippen LogP) is 4.23. The molecule has 31 heavy (non-hydrogen) atoms. The minimum Gasteiger partial charge on any atom is -0.497 e. The lowest BCUT2D eigenvalue weighted by molar-refractivity contribution is -0.131. The summed E-state index contributed by atoms with van der Waals surface area (Å²) in [6.45, 7) is 1.41. The van der Waals surface area contributed by atoms with E-state index in [1.165, 1.54) is 0 Å². The zero-order valence-electron chi connectivity index (χ0n) is 18.0. The second-order valence-corrected chi connectivity index (χ2v) is 7.86. The van der Waals surface area contributed by atoms with Crippen molar-refractivity contribution in [2.75, 3.05) is 27.3 Å². The average molecular weight is 421 g/mol. The number of nitrogens with zero attached hydrogens (tertiary/aromatic N) is 2. The van der Waals surface area contributed by atoms with Crippen LogP contribution in [0.5, 0.6) is 11.5 Å². The van der Waals surface area contributed by atoms with E-state index in [1.54, 1.807) is 20.4 Å². The average Bonchev–Trinajstić information content (AvgIpc) is 3.28. The first-order valence-electron chi connectivity index (χ1n) is 10.6. The summed E-state index contributed by atoms with van der Waals surface area (Å²) in [6.07, 6.45) is 4.70. The molecule has 162 valence electrons. The zero-order chi connectivity index (χ0) is 21.6. The highest BCUT2D eigenvalue weighted by atomic mass is 16.5. The number of hydrogen-bond acceptors (Lipinski definition) is 5. The van der Waals surface area contributed by atoms with E-state index in [1.807, 2.05) is 53.4 Å². The number of oxazole rings is 1. The molecule has 1 fully saturated rings. The number of para-hydroxylation sites is 1. The first-order valence-corrected chi connectivity index (χ1v) is 10.6. The Morgan fingerprint density at radius 2 is 2.03 bits per heavy atom. The van der Waals surface area contributed by atoms with Gasteiger partial charge in [0, 0.05) is 25.1 Å². The molecule has 1 aliphatic heterocycles. The van der Waals surface area contributed by atoms with Gasteiger partial charge in [0.2, 0.25) is 5.91 Å². The molecule has 2 aromatic carbocycles. The summed E-state index contributed by atoms with van der Waals surface area (Å²) >= 11 is 0. The summed E-state index contributed by atoms with van der Waals surface area (Å²) < 4.78 is 16.8. The minimum atomic E-state index is 0.120. The van der Waals surface area contributed by atoms with E-state index in [-0.39, 0.29) is 11.8 Å². The number of rotatable bonds is 7. The molecule has 1 aromatic heterocycles. The van der Waals surface area contributed by atoms with Crippen LogP contribution in [0.3, 0.4) is 0 Å². The molecule has 1 amide bonds. The van der Waals surface area contributed by atoms with E-state index in [0.29, 0.717) is 25.3 Å². The third-order valence-electron chi connectivity index (χ3n) is 5.74. The molecule has 0 unspecified atom stereocenters. The zero-order valence-corrected chi connectivity index (χ0v) is 18.0. The summed E-state index contributed by atoms with van der Waals surface area (Å²) in [5.74, 6) is 3.37. The first kappa shape index (κ1) is 21.0. The van der Waals surface area contributed by atoms with E-state index in [0.717, 1.165) is 47.8 Å². The molecule has 6 nitrogen and oxygen atoms in total. The monoisotopic (exact) mass is 420 g/mol. The standard InChI is InChI=1S/C25H28N2O4/c1-29-21-10-5-7-18(13-21)14-24(28)27-12-6-9-20(17-27)25-26-16-22(31-25)15-19-8-3-4-11-23(19)30-2/h3-5,7-8,10-11,13,16,20H,6,9,12,14-15,17H2,1-2H3/t20-/m1/s1. The highest BCUT2D eigenvalue weighted by molar-refractivity contribution is 5.79. The molecular weight excluding hydrogens is 392 g/mol. The molecule has 4 rings (SSSR count). The maximum absolute atomic E-state index is 12.9. The van der Waals surface area contributed by atoms with Gasteiger partial charge in [-0.05, 0) is 36.6 Å². The number of likely N-dealkylation sites (tertiary alicyclic amines) is 1. The Morgan fingerprint density at radius 1 is 1.16 bits per heavy atom. The number of carbonyl (C=O) groups excluding carboxylic acids is 1. The van der Waals surface area contributed by atoms with Crippen LogP contribution in [0.15, 0.2) is 59.1 Å². The van der Waals surface area contributed by atoms with Crippen molar-refractivity contribution in [2.45, 2.75) is 31.6 Å². The smallest absolute Gasteiger partial charge is 0.227 e. The summed E-state index contributed by atoms with van der Waals surface area (Å²) in [6, 6.07) is 15.6. The molecule has 0 aliphatic carbocycles. The highest BCUT2D eigenvalue weighted by Gasteiger charge is 2.28. The molecule has 0 N–H and O–H groups in total. The quantitative estimate of drug-likeness (QED) is 0.572. The number of carbonyl (C=O) groups is 1. The Labute approximate surface area is 182 Å². The lowest BCUT2D eigenvalue weighted by Gasteiger charge is -2.31. The number of hydrogen-bond donors (Lipinski definition) is 0. The van der Waals surface area contributed by atoms with Crippen molar-refractivity contribution in [1.82, 2.24) is 9.88 Å². The molecule has 0 radical (unpaired) electrons. The number of amides is 1. The number of piperidine rings is 1. The SMILES string of the molecule is COc1cccc(CC(=O)N2CCC[C@@H](c3ncc(Cc4ccccc4OC)o3)C2)c1. The lowest BCUT2D eigenvalue weighted by Crippen LogP contribution is -2.40.